The van der Waals surface area contributed by atoms with Gasteiger partial charge in [0.15, 0.2) is 0 Å². The molecule has 0 aliphatic rings. The molecule has 0 fully saturated rings. The van der Waals surface area contributed by atoms with E-state index in [1.54, 1.807) is 6.21 Å². The van der Waals surface area contributed by atoms with Crippen LogP contribution in [-0.4, -0.2) is 6.21 Å². The molecule has 0 heterocycles. The number of rotatable bonds is 3. The first-order valence-corrected chi connectivity index (χ1v) is 7.05. The lowest BCUT2D eigenvalue weighted by Crippen LogP contribution is -1.92. The zero-order valence-electron chi connectivity index (χ0n) is 9.82. The largest absolute Gasteiger partial charge is 0.279 e. The standard InChI is InChI=1S/C14H12Br2N2/c1-10-7-13(15)12(14(16)8-10)9-17-18-11-5-3-2-4-6-11/h2-9,18H,1H3. The molecule has 2 nitrogen and oxygen atoms in total. The molecule has 2 aromatic carbocycles. The van der Waals surface area contributed by atoms with Crippen LogP contribution in [0.3, 0.4) is 0 Å². The minimum atomic E-state index is 0.966. The van der Waals surface area contributed by atoms with Gasteiger partial charge in [-0.15, -0.1) is 0 Å². The molecule has 0 aromatic heterocycles. The summed E-state index contributed by atoms with van der Waals surface area (Å²) in [4.78, 5) is 0. The summed E-state index contributed by atoms with van der Waals surface area (Å²) in [5, 5.41) is 4.23. The van der Waals surface area contributed by atoms with E-state index in [2.05, 4.69) is 61.4 Å². The van der Waals surface area contributed by atoms with E-state index in [-0.39, 0.29) is 0 Å². The van der Waals surface area contributed by atoms with Crippen LogP contribution in [0.4, 0.5) is 5.69 Å². The second-order valence-corrected chi connectivity index (χ2v) is 5.59. The number of para-hydroxylation sites is 1. The highest BCUT2D eigenvalue weighted by atomic mass is 79.9. The number of hydrogen-bond donors (Lipinski definition) is 1. The Morgan fingerprint density at radius 2 is 1.67 bits per heavy atom. The monoisotopic (exact) mass is 366 g/mol. The maximum atomic E-state index is 4.23. The quantitative estimate of drug-likeness (QED) is 0.601. The van der Waals surface area contributed by atoms with Gasteiger partial charge in [-0.3, -0.25) is 5.43 Å². The molecule has 0 radical (unpaired) electrons. The van der Waals surface area contributed by atoms with E-state index in [9.17, 15) is 0 Å². The van der Waals surface area contributed by atoms with Crippen LogP contribution in [0.5, 0.6) is 0 Å². The van der Waals surface area contributed by atoms with Gasteiger partial charge in [0.2, 0.25) is 0 Å². The van der Waals surface area contributed by atoms with Crippen molar-refractivity contribution >= 4 is 43.8 Å². The number of benzene rings is 2. The van der Waals surface area contributed by atoms with Gasteiger partial charge in [0.05, 0.1) is 11.9 Å². The van der Waals surface area contributed by atoms with Crippen molar-refractivity contribution in [3.63, 3.8) is 0 Å². The highest BCUT2D eigenvalue weighted by molar-refractivity contribution is 9.11. The molecule has 1 N–H and O–H groups in total. The third-order valence-electron chi connectivity index (χ3n) is 2.38. The van der Waals surface area contributed by atoms with Crippen LogP contribution in [0.1, 0.15) is 11.1 Å². The van der Waals surface area contributed by atoms with Gasteiger partial charge in [-0.25, -0.2) is 0 Å². The number of halogens is 2. The van der Waals surface area contributed by atoms with Crippen LogP contribution in [0.2, 0.25) is 0 Å². The number of aryl methyl sites for hydroxylation is 1. The summed E-state index contributed by atoms with van der Waals surface area (Å²) in [6.45, 7) is 2.05. The summed E-state index contributed by atoms with van der Waals surface area (Å²) in [6.07, 6.45) is 1.79. The van der Waals surface area contributed by atoms with Crippen molar-refractivity contribution < 1.29 is 0 Å². The first-order chi connectivity index (χ1) is 8.66. The topological polar surface area (TPSA) is 24.4 Å². The zero-order chi connectivity index (χ0) is 13.0. The lowest BCUT2D eigenvalue weighted by atomic mass is 10.2. The Morgan fingerprint density at radius 1 is 1.06 bits per heavy atom. The fraction of sp³-hybridized carbons (Fsp3) is 0.0714. The SMILES string of the molecule is Cc1cc(Br)c(C=NNc2ccccc2)c(Br)c1. The third-order valence-corrected chi connectivity index (χ3v) is 3.70. The summed E-state index contributed by atoms with van der Waals surface area (Å²) < 4.78 is 2.04. The van der Waals surface area contributed by atoms with E-state index in [1.165, 1.54) is 5.56 Å². The van der Waals surface area contributed by atoms with E-state index in [0.29, 0.717) is 0 Å². The number of hydrazone groups is 1. The van der Waals surface area contributed by atoms with Crippen LogP contribution in [0.15, 0.2) is 56.5 Å². The van der Waals surface area contributed by atoms with Crippen molar-refractivity contribution in [3.05, 3.63) is 62.5 Å². The Labute approximate surface area is 123 Å². The van der Waals surface area contributed by atoms with Gasteiger partial charge in [-0.1, -0.05) is 50.1 Å². The molecular formula is C14H12Br2N2. The molecule has 0 aliphatic carbocycles. The van der Waals surface area contributed by atoms with Crippen LogP contribution in [-0.2, 0) is 0 Å². The Morgan fingerprint density at radius 3 is 2.28 bits per heavy atom. The maximum Gasteiger partial charge on any atom is 0.0567 e. The van der Waals surface area contributed by atoms with Gasteiger partial charge in [0.1, 0.15) is 0 Å². The second kappa shape index (κ2) is 6.16. The summed E-state index contributed by atoms with van der Waals surface area (Å²) in [5.74, 6) is 0. The van der Waals surface area contributed by atoms with Crippen molar-refractivity contribution in [2.24, 2.45) is 5.10 Å². The predicted octanol–water partition coefficient (Wildman–Crippen LogP) is 4.97. The van der Waals surface area contributed by atoms with Crippen molar-refractivity contribution in [1.29, 1.82) is 0 Å². The summed E-state index contributed by atoms with van der Waals surface area (Å²) >= 11 is 7.07. The second-order valence-electron chi connectivity index (χ2n) is 3.88. The molecule has 2 rings (SSSR count). The molecule has 0 amide bonds. The average molecular weight is 368 g/mol. The molecule has 2 aromatic rings. The first kappa shape index (κ1) is 13.3. The number of nitrogens with one attached hydrogen (secondary N) is 1. The molecule has 0 aliphatic heterocycles. The fourth-order valence-corrected chi connectivity index (χ4v) is 3.14. The number of nitrogens with zero attached hydrogens (tertiary/aromatic N) is 1. The van der Waals surface area contributed by atoms with Crippen LogP contribution in [0.25, 0.3) is 0 Å². The molecule has 0 atom stereocenters. The lowest BCUT2D eigenvalue weighted by Gasteiger charge is -2.04. The van der Waals surface area contributed by atoms with E-state index < -0.39 is 0 Å². The summed E-state index contributed by atoms with van der Waals surface area (Å²) in [6, 6.07) is 14.0. The van der Waals surface area contributed by atoms with Crippen molar-refractivity contribution in [3.8, 4) is 0 Å². The van der Waals surface area contributed by atoms with Crippen molar-refractivity contribution in [2.45, 2.75) is 6.92 Å². The van der Waals surface area contributed by atoms with E-state index in [1.807, 2.05) is 30.3 Å². The molecule has 0 bridgehead atoms. The molecule has 0 saturated heterocycles. The average Bonchev–Trinajstić information content (AvgIpc) is 2.34. The Bertz CT molecular complexity index is 542. The van der Waals surface area contributed by atoms with Crippen LogP contribution < -0.4 is 5.43 Å². The van der Waals surface area contributed by atoms with Crippen LogP contribution in [0, 0.1) is 6.92 Å². The van der Waals surface area contributed by atoms with Gasteiger partial charge in [-0.05, 0) is 36.8 Å². The molecule has 18 heavy (non-hydrogen) atoms. The third kappa shape index (κ3) is 3.43. The minimum Gasteiger partial charge on any atom is -0.279 e. The number of hydrogen-bond acceptors (Lipinski definition) is 2. The number of anilines is 1. The van der Waals surface area contributed by atoms with E-state index in [4.69, 9.17) is 0 Å². The normalized spacial score (nSPS) is 10.8. The van der Waals surface area contributed by atoms with Gasteiger partial charge < -0.3 is 0 Å². The van der Waals surface area contributed by atoms with Crippen LogP contribution >= 0.6 is 31.9 Å². The molecule has 4 heteroatoms. The Hall–Kier alpha value is -1.13. The smallest absolute Gasteiger partial charge is 0.0567 e. The maximum absolute atomic E-state index is 4.23. The highest BCUT2D eigenvalue weighted by Gasteiger charge is 2.03. The highest BCUT2D eigenvalue weighted by Crippen LogP contribution is 2.25. The lowest BCUT2D eigenvalue weighted by molar-refractivity contribution is 1.34. The summed E-state index contributed by atoms with van der Waals surface area (Å²) in [7, 11) is 0. The van der Waals surface area contributed by atoms with Gasteiger partial charge in [0.25, 0.3) is 0 Å². The molecule has 92 valence electrons. The van der Waals surface area contributed by atoms with Gasteiger partial charge >= 0.3 is 0 Å². The predicted molar refractivity (Wildman–Crippen MR) is 84.2 cm³/mol. The molecule has 0 unspecified atom stereocenters. The van der Waals surface area contributed by atoms with Crippen molar-refractivity contribution in [1.82, 2.24) is 0 Å². The summed E-state index contributed by atoms with van der Waals surface area (Å²) in [5.41, 5.74) is 6.17. The first-order valence-electron chi connectivity index (χ1n) is 5.46. The Kier molecular flexibility index (Phi) is 4.55. The fourth-order valence-electron chi connectivity index (χ4n) is 1.52. The molecule has 0 spiro atoms. The van der Waals surface area contributed by atoms with E-state index in [0.717, 1.165) is 20.2 Å². The Balaban J connectivity index is 2.15. The zero-order valence-corrected chi connectivity index (χ0v) is 13.0. The van der Waals surface area contributed by atoms with Crippen molar-refractivity contribution in [2.75, 3.05) is 5.43 Å². The molecule has 0 saturated carbocycles. The van der Waals surface area contributed by atoms with E-state index >= 15 is 0 Å². The molecular weight excluding hydrogens is 356 g/mol. The van der Waals surface area contributed by atoms with Gasteiger partial charge in [-0.2, -0.15) is 5.10 Å². The van der Waals surface area contributed by atoms with Gasteiger partial charge in [0, 0.05) is 14.5 Å². The minimum absolute atomic E-state index is 0.966.